The highest BCUT2D eigenvalue weighted by atomic mass is 127. The summed E-state index contributed by atoms with van der Waals surface area (Å²) in [5, 5.41) is 0. The minimum absolute atomic E-state index is 0.0893. The van der Waals surface area contributed by atoms with Crippen LogP contribution in [0.3, 0.4) is 0 Å². The third-order valence-corrected chi connectivity index (χ3v) is 3.03. The van der Waals surface area contributed by atoms with Crippen molar-refractivity contribution in [3.8, 4) is 5.75 Å². The standard InChI is InChI=1S/C11H12FIO2/c12-10-2-1-8(13)7-11(10)15-9-3-5-14-6-4-9/h1-2,7,9H,3-6H2. The Bertz CT molecular complexity index is 337. The SMILES string of the molecule is Fc1ccc(I)cc1OC1CCOCC1. The van der Waals surface area contributed by atoms with E-state index in [1.54, 1.807) is 12.1 Å². The molecular formula is C11H12FIO2. The van der Waals surface area contributed by atoms with Crippen molar-refractivity contribution in [3.05, 3.63) is 27.6 Å². The molecule has 1 saturated heterocycles. The molecule has 0 N–H and O–H groups in total. The van der Waals surface area contributed by atoms with Crippen LogP contribution in [0.5, 0.6) is 5.75 Å². The third kappa shape index (κ3) is 3.04. The molecule has 2 rings (SSSR count). The second-order valence-corrected chi connectivity index (χ2v) is 4.75. The van der Waals surface area contributed by atoms with E-state index < -0.39 is 0 Å². The van der Waals surface area contributed by atoms with Crippen LogP contribution in [0.1, 0.15) is 12.8 Å². The van der Waals surface area contributed by atoms with Gasteiger partial charge in [0.05, 0.1) is 13.2 Å². The van der Waals surface area contributed by atoms with E-state index in [2.05, 4.69) is 22.6 Å². The van der Waals surface area contributed by atoms with Crippen molar-refractivity contribution >= 4 is 22.6 Å². The van der Waals surface area contributed by atoms with Gasteiger partial charge in [-0.05, 0) is 40.8 Å². The number of rotatable bonds is 2. The first-order valence-electron chi connectivity index (χ1n) is 4.95. The van der Waals surface area contributed by atoms with Gasteiger partial charge in [0, 0.05) is 16.4 Å². The lowest BCUT2D eigenvalue weighted by Crippen LogP contribution is -2.26. The Hall–Kier alpha value is -0.360. The van der Waals surface area contributed by atoms with E-state index in [-0.39, 0.29) is 11.9 Å². The highest BCUT2D eigenvalue weighted by Crippen LogP contribution is 2.23. The first-order chi connectivity index (χ1) is 7.25. The third-order valence-electron chi connectivity index (χ3n) is 2.36. The molecule has 0 amide bonds. The quantitative estimate of drug-likeness (QED) is 0.780. The Labute approximate surface area is 102 Å². The maximum Gasteiger partial charge on any atom is 0.165 e. The van der Waals surface area contributed by atoms with Gasteiger partial charge in [0.15, 0.2) is 11.6 Å². The molecule has 1 aromatic rings. The zero-order chi connectivity index (χ0) is 10.7. The van der Waals surface area contributed by atoms with E-state index in [1.165, 1.54) is 6.07 Å². The molecule has 0 atom stereocenters. The Kier molecular flexibility index (Phi) is 3.80. The fraction of sp³-hybridized carbons (Fsp3) is 0.455. The molecule has 4 heteroatoms. The molecule has 1 heterocycles. The van der Waals surface area contributed by atoms with Crippen molar-refractivity contribution < 1.29 is 13.9 Å². The van der Waals surface area contributed by atoms with Gasteiger partial charge in [-0.1, -0.05) is 0 Å². The molecule has 1 aliphatic rings. The van der Waals surface area contributed by atoms with Gasteiger partial charge in [-0.25, -0.2) is 4.39 Å². The van der Waals surface area contributed by atoms with Crippen LogP contribution < -0.4 is 4.74 Å². The van der Waals surface area contributed by atoms with Gasteiger partial charge in [-0.15, -0.1) is 0 Å². The largest absolute Gasteiger partial charge is 0.487 e. The summed E-state index contributed by atoms with van der Waals surface area (Å²) in [6.07, 6.45) is 1.77. The topological polar surface area (TPSA) is 18.5 Å². The van der Waals surface area contributed by atoms with E-state index >= 15 is 0 Å². The number of halogens is 2. The molecule has 15 heavy (non-hydrogen) atoms. The van der Waals surface area contributed by atoms with Crippen molar-refractivity contribution in [1.29, 1.82) is 0 Å². The minimum atomic E-state index is -0.290. The summed E-state index contributed by atoms with van der Waals surface area (Å²) < 4.78 is 25.2. The summed E-state index contributed by atoms with van der Waals surface area (Å²) >= 11 is 2.14. The molecule has 82 valence electrons. The summed E-state index contributed by atoms with van der Waals surface area (Å²) in [7, 11) is 0. The summed E-state index contributed by atoms with van der Waals surface area (Å²) in [6, 6.07) is 4.90. The smallest absolute Gasteiger partial charge is 0.165 e. The van der Waals surface area contributed by atoms with Crippen LogP contribution in [-0.4, -0.2) is 19.3 Å². The highest BCUT2D eigenvalue weighted by Gasteiger charge is 2.16. The second kappa shape index (κ2) is 5.12. The maximum absolute atomic E-state index is 13.4. The molecule has 1 aliphatic heterocycles. The van der Waals surface area contributed by atoms with Crippen molar-refractivity contribution in [3.63, 3.8) is 0 Å². The van der Waals surface area contributed by atoms with Crippen LogP contribution in [0.25, 0.3) is 0 Å². The maximum atomic E-state index is 13.4. The van der Waals surface area contributed by atoms with Crippen molar-refractivity contribution in [2.45, 2.75) is 18.9 Å². The van der Waals surface area contributed by atoms with Crippen LogP contribution >= 0.6 is 22.6 Å². The Balaban J connectivity index is 2.05. The lowest BCUT2D eigenvalue weighted by atomic mass is 10.1. The van der Waals surface area contributed by atoms with Crippen LogP contribution in [0.15, 0.2) is 18.2 Å². The summed E-state index contributed by atoms with van der Waals surface area (Å²) in [5.74, 6) is 0.0655. The Morgan fingerprint density at radius 3 is 2.80 bits per heavy atom. The predicted molar refractivity (Wildman–Crippen MR) is 63.6 cm³/mol. The van der Waals surface area contributed by atoms with E-state index in [0.29, 0.717) is 19.0 Å². The van der Waals surface area contributed by atoms with Crippen molar-refractivity contribution in [2.75, 3.05) is 13.2 Å². The number of hydrogen-bond acceptors (Lipinski definition) is 2. The van der Waals surface area contributed by atoms with Gasteiger partial charge in [0.2, 0.25) is 0 Å². The molecule has 0 bridgehead atoms. The predicted octanol–water partition coefficient (Wildman–Crippen LogP) is 2.99. The average Bonchev–Trinajstić information content (AvgIpc) is 2.25. The van der Waals surface area contributed by atoms with Crippen molar-refractivity contribution in [2.24, 2.45) is 0 Å². The first-order valence-corrected chi connectivity index (χ1v) is 6.03. The van der Waals surface area contributed by atoms with E-state index in [4.69, 9.17) is 9.47 Å². The molecule has 1 fully saturated rings. The van der Waals surface area contributed by atoms with E-state index in [0.717, 1.165) is 16.4 Å². The molecule has 1 aromatic carbocycles. The number of ether oxygens (including phenoxy) is 2. The first kappa shape index (κ1) is 11.1. The van der Waals surface area contributed by atoms with Gasteiger partial charge < -0.3 is 9.47 Å². The van der Waals surface area contributed by atoms with E-state index in [1.807, 2.05) is 0 Å². The van der Waals surface area contributed by atoms with Gasteiger partial charge >= 0.3 is 0 Å². The summed E-state index contributed by atoms with van der Waals surface area (Å²) in [5.41, 5.74) is 0. The van der Waals surface area contributed by atoms with Crippen molar-refractivity contribution in [1.82, 2.24) is 0 Å². The zero-order valence-corrected chi connectivity index (χ0v) is 10.4. The van der Waals surface area contributed by atoms with Gasteiger partial charge in [-0.2, -0.15) is 0 Å². The van der Waals surface area contributed by atoms with E-state index in [9.17, 15) is 4.39 Å². The van der Waals surface area contributed by atoms with Gasteiger partial charge in [0.25, 0.3) is 0 Å². The molecule has 0 aliphatic carbocycles. The molecule has 0 saturated carbocycles. The zero-order valence-electron chi connectivity index (χ0n) is 8.21. The fourth-order valence-corrected chi connectivity index (χ4v) is 2.00. The van der Waals surface area contributed by atoms with Gasteiger partial charge in [0.1, 0.15) is 6.10 Å². The van der Waals surface area contributed by atoms with Crippen LogP contribution in [0.4, 0.5) is 4.39 Å². The van der Waals surface area contributed by atoms with Gasteiger partial charge in [-0.3, -0.25) is 0 Å². The molecule has 0 radical (unpaired) electrons. The summed E-state index contributed by atoms with van der Waals surface area (Å²) in [6.45, 7) is 1.41. The molecule has 2 nitrogen and oxygen atoms in total. The summed E-state index contributed by atoms with van der Waals surface area (Å²) in [4.78, 5) is 0. The lowest BCUT2D eigenvalue weighted by molar-refractivity contribution is 0.0240. The molecule has 0 unspecified atom stereocenters. The fourth-order valence-electron chi connectivity index (χ4n) is 1.54. The molecule has 0 aromatic heterocycles. The average molecular weight is 322 g/mol. The number of benzene rings is 1. The Morgan fingerprint density at radius 2 is 2.07 bits per heavy atom. The number of hydrogen-bond donors (Lipinski definition) is 0. The van der Waals surface area contributed by atoms with Crippen LogP contribution in [-0.2, 0) is 4.74 Å². The monoisotopic (exact) mass is 322 g/mol. The minimum Gasteiger partial charge on any atom is -0.487 e. The lowest BCUT2D eigenvalue weighted by Gasteiger charge is -2.23. The van der Waals surface area contributed by atoms with Crippen LogP contribution in [0, 0.1) is 9.39 Å². The molecule has 0 spiro atoms. The normalized spacial score (nSPS) is 17.7. The highest BCUT2D eigenvalue weighted by molar-refractivity contribution is 14.1. The second-order valence-electron chi connectivity index (χ2n) is 3.50. The Morgan fingerprint density at radius 1 is 1.33 bits per heavy atom. The molecular weight excluding hydrogens is 310 g/mol. The van der Waals surface area contributed by atoms with Crippen LogP contribution in [0.2, 0.25) is 0 Å².